The van der Waals surface area contributed by atoms with E-state index in [1.165, 1.54) is 17.7 Å². The van der Waals surface area contributed by atoms with Gasteiger partial charge in [0.2, 0.25) is 0 Å². The second kappa shape index (κ2) is 7.47. The highest BCUT2D eigenvalue weighted by molar-refractivity contribution is 7.20. The van der Waals surface area contributed by atoms with Gasteiger partial charge in [-0.05, 0) is 44.5 Å². The van der Waals surface area contributed by atoms with Crippen LogP contribution < -0.4 is 10.1 Å². The number of methoxy groups -OCH3 is 1. The van der Waals surface area contributed by atoms with Crippen molar-refractivity contribution in [1.29, 1.82) is 0 Å². The van der Waals surface area contributed by atoms with Crippen molar-refractivity contribution in [3.8, 4) is 5.75 Å². The van der Waals surface area contributed by atoms with Crippen molar-refractivity contribution in [2.24, 2.45) is 0 Å². The van der Waals surface area contributed by atoms with Gasteiger partial charge in [0.15, 0.2) is 0 Å². The lowest BCUT2D eigenvalue weighted by Crippen LogP contribution is -2.11. The summed E-state index contributed by atoms with van der Waals surface area (Å²) in [6, 6.07) is 5.37. The molecular formula is C18H18ClN3O3S. The first-order valence-electron chi connectivity index (χ1n) is 7.96. The number of fused-ring (bicyclic) bond motifs is 1. The molecule has 1 N–H and O–H groups in total. The van der Waals surface area contributed by atoms with Gasteiger partial charge >= 0.3 is 5.97 Å². The lowest BCUT2D eigenvalue weighted by Gasteiger charge is -2.10. The Kier molecular flexibility index (Phi) is 5.29. The van der Waals surface area contributed by atoms with Crippen molar-refractivity contribution in [3.05, 3.63) is 40.0 Å². The van der Waals surface area contributed by atoms with E-state index in [0.717, 1.165) is 21.5 Å². The molecule has 0 amide bonds. The molecule has 3 aromatic rings. The quantitative estimate of drug-likeness (QED) is 0.619. The number of nitrogens with zero attached hydrogens (tertiary/aromatic N) is 2. The molecule has 2 heterocycles. The van der Waals surface area contributed by atoms with Gasteiger partial charge in [-0.15, -0.1) is 11.3 Å². The highest BCUT2D eigenvalue weighted by Gasteiger charge is 2.21. The van der Waals surface area contributed by atoms with Crippen molar-refractivity contribution in [1.82, 2.24) is 9.97 Å². The zero-order valence-electron chi connectivity index (χ0n) is 14.8. The molecule has 0 saturated heterocycles. The van der Waals surface area contributed by atoms with Crippen molar-refractivity contribution >= 4 is 50.6 Å². The number of aryl methyl sites for hydroxylation is 1. The first-order chi connectivity index (χ1) is 12.4. The summed E-state index contributed by atoms with van der Waals surface area (Å²) in [5.41, 5.74) is 1.55. The number of esters is 1. The van der Waals surface area contributed by atoms with Crippen LogP contribution in [0.2, 0.25) is 5.02 Å². The summed E-state index contributed by atoms with van der Waals surface area (Å²) in [6.45, 7) is 5.51. The number of thiophene rings is 1. The van der Waals surface area contributed by atoms with Crippen molar-refractivity contribution in [3.63, 3.8) is 0 Å². The number of benzene rings is 1. The average Bonchev–Trinajstić information content (AvgIpc) is 2.92. The molecule has 0 aliphatic heterocycles. The van der Waals surface area contributed by atoms with Crippen LogP contribution >= 0.6 is 22.9 Å². The summed E-state index contributed by atoms with van der Waals surface area (Å²) in [5.74, 6) is 0.850. The number of carbonyl (C=O) groups is 1. The molecule has 0 atom stereocenters. The predicted molar refractivity (Wildman–Crippen MR) is 104 cm³/mol. The van der Waals surface area contributed by atoms with E-state index in [2.05, 4.69) is 15.3 Å². The molecule has 2 aromatic heterocycles. The maximum atomic E-state index is 12.3. The number of carbonyl (C=O) groups excluding carboxylic acids is 1. The van der Waals surface area contributed by atoms with E-state index in [-0.39, 0.29) is 12.1 Å². The summed E-state index contributed by atoms with van der Waals surface area (Å²) in [6.07, 6.45) is 1.28. The Balaban J connectivity index is 2.00. The smallest absolute Gasteiger partial charge is 0.348 e. The Morgan fingerprint density at radius 3 is 2.73 bits per heavy atom. The molecule has 0 spiro atoms. The predicted octanol–water partition coefficient (Wildman–Crippen LogP) is 4.97. The maximum absolute atomic E-state index is 12.3. The van der Waals surface area contributed by atoms with Crippen molar-refractivity contribution in [2.45, 2.75) is 26.9 Å². The van der Waals surface area contributed by atoms with Gasteiger partial charge in [0.25, 0.3) is 0 Å². The second-order valence-corrected chi connectivity index (χ2v) is 7.29. The lowest BCUT2D eigenvalue weighted by atomic mass is 10.2. The van der Waals surface area contributed by atoms with E-state index in [4.69, 9.17) is 21.1 Å². The van der Waals surface area contributed by atoms with Crippen LogP contribution in [0.5, 0.6) is 5.75 Å². The third-order valence-corrected chi connectivity index (χ3v) is 5.14. The van der Waals surface area contributed by atoms with Gasteiger partial charge in [-0.3, -0.25) is 0 Å². The van der Waals surface area contributed by atoms with Crippen LogP contribution in [0.3, 0.4) is 0 Å². The number of ether oxygens (including phenoxy) is 2. The molecule has 0 saturated carbocycles. The number of anilines is 2. The van der Waals surface area contributed by atoms with E-state index >= 15 is 0 Å². The fourth-order valence-corrected chi connectivity index (χ4v) is 3.80. The number of rotatable bonds is 5. The molecule has 0 radical (unpaired) electrons. The number of hydrogen-bond donors (Lipinski definition) is 1. The van der Waals surface area contributed by atoms with Gasteiger partial charge in [0, 0.05) is 5.69 Å². The molecule has 26 heavy (non-hydrogen) atoms. The fourth-order valence-electron chi connectivity index (χ4n) is 2.51. The van der Waals surface area contributed by atoms with Gasteiger partial charge in [-0.1, -0.05) is 11.6 Å². The number of halogens is 1. The highest BCUT2D eigenvalue weighted by atomic mass is 35.5. The zero-order chi connectivity index (χ0) is 18.8. The van der Waals surface area contributed by atoms with E-state index in [1.807, 2.05) is 26.8 Å². The Hall–Kier alpha value is -2.38. The van der Waals surface area contributed by atoms with E-state index in [9.17, 15) is 4.79 Å². The molecule has 136 valence electrons. The summed E-state index contributed by atoms with van der Waals surface area (Å²) in [7, 11) is 1.56. The largest absolute Gasteiger partial charge is 0.495 e. The summed E-state index contributed by atoms with van der Waals surface area (Å²) in [4.78, 5) is 22.2. The molecule has 3 rings (SSSR count). The van der Waals surface area contributed by atoms with Gasteiger partial charge in [0.1, 0.15) is 27.6 Å². The standard InChI is InChI=1S/C18H18ClN3O3S/c1-9(2)25-18(23)15-10(3)14-16(20-8-21-17(14)26-15)22-11-5-6-13(24-4)12(19)7-11/h5-9H,1-4H3,(H,20,21,22). The monoisotopic (exact) mass is 391 g/mol. The minimum absolute atomic E-state index is 0.183. The van der Waals surface area contributed by atoms with Crippen LogP contribution in [0.4, 0.5) is 11.5 Å². The minimum Gasteiger partial charge on any atom is -0.495 e. The maximum Gasteiger partial charge on any atom is 0.348 e. The molecule has 0 aliphatic carbocycles. The van der Waals surface area contributed by atoms with Crippen LogP contribution in [0.1, 0.15) is 29.1 Å². The fraction of sp³-hybridized carbons (Fsp3) is 0.278. The van der Waals surface area contributed by atoms with Gasteiger partial charge in [-0.25, -0.2) is 14.8 Å². The molecular weight excluding hydrogens is 374 g/mol. The summed E-state index contributed by atoms with van der Waals surface area (Å²) < 4.78 is 10.5. The Morgan fingerprint density at radius 2 is 2.08 bits per heavy atom. The SMILES string of the molecule is COc1ccc(Nc2ncnc3sc(C(=O)OC(C)C)c(C)c23)cc1Cl. The van der Waals surface area contributed by atoms with Gasteiger partial charge in [0.05, 0.1) is 23.6 Å². The first-order valence-corrected chi connectivity index (χ1v) is 9.15. The molecule has 0 aliphatic rings. The van der Waals surface area contributed by atoms with Crippen LogP contribution in [-0.4, -0.2) is 29.2 Å². The van der Waals surface area contributed by atoms with E-state index in [1.54, 1.807) is 19.2 Å². The molecule has 6 nitrogen and oxygen atoms in total. The Bertz CT molecular complexity index is 972. The molecule has 1 aromatic carbocycles. The van der Waals surface area contributed by atoms with Crippen LogP contribution in [0.15, 0.2) is 24.5 Å². The highest BCUT2D eigenvalue weighted by Crippen LogP contribution is 2.36. The topological polar surface area (TPSA) is 73.3 Å². The Labute approximate surface area is 160 Å². The minimum atomic E-state index is -0.348. The average molecular weight is 392 g/mol. The summed E-state index contributed by atoms with van der Waals surface area (Å²) >= 11 is 7.48. The lowest BCUT2D eigenvalue weighted by molar-refractivity contribution is 0.0383. The molecule has 0 unspecified atom stereocenters. The van der Waals surface area contributed by atoms with Gasteiger partial charge in [-0.2, -0.15) is 0 Å². The zero-order valence-corrected chi connectivity index (χ0v) is 16.4. The van der Waals surface area contributed by atoms with Crippen LogP contribution in [0.25, 0.3) is 10.2 Å². The Morgan fingerprint density at radius 1 is 1.31 bits per heavy atom. The number of hydrogen-bond acceptors (Lipinski definition) is 7. The van der Waals surface area contributed by atoms with E-state index in [0.29, 0.717) is 21.5 Å². The van der Waals surface area contributed by atoms with Crippen LogP contribution in [0, 0.1) is 6.92 Å². The second-order valence-electron chi connectivity index (χ2n) is 5.89. The van der Waals surface area contributed by atoms with Crippen molar-refractivity contribution < 1.29 is 14.3 Å². The molecule has 0 fully saturated rings. The normalized spacial score (nSPS) is 11.0. The van der Waals surface area contributed by atoms with Gasteiger partial charge < -0.3 is 14.8 Å². The van der Waals surface area contributed by atoms with Crippen molar-refractivity contribution in [2.75, 3.05) is 12.4 Å². The van der Waals surface area contributed by atoms with Crippen LogP contribution in [-0.2, 0) is 4.74 Å². The molecule has 8 heteroatoms. The third-order valence-electron chi connectivity index (χ3n) is 3.67. The molecule has 0 bridgehead atoms. The number of aromatic nitrogens is 2. The first kappa shape index (κ1) is 18.4. The number of nitrogens with one attached hydrogen (secondary N) is 1. The summed E-state index contributed by atoms with van der Waals surface area (Å²) in [5, 5.41) is 4.52. The third kappa shape index (κ3) is 3.59. The van der Waals surface area contributed by atoms with E-state index < -0.39 is 0 Å².